The van der Waals surface area contributed by atoms with Crippen molar-refractivity contribution >= 4 is 0 Å². The molecule has 0 aliphatic carbocycles. The molecule has 2 nitrogen and oxygen atoms in total. The third-order valence-corrected chi connectivity index (χ3v) is 5.50. The van der Waals surface area contributed by atoms with E-state index in [9.17, 15) is 0 Å². The summed E-state index contributed by atoms with van der Waals surface area (Å²) in [4.78, 5) is 2.70. The molecule has 2 bridgehead atoms. The Labute approximate surface area is 151 Å². The van der Waals surface area contributed by atoms with Crippen molar-refractivity contribution in [3.05, 3.63) is 83.4 Å². The molecule has 2 aromatic rings. The Kier molecular flexibility index (Phi) is 5.29. The Morgan fingerprint density at radius 2 is 1.60 bits per heavy atom. The fourth-order valence-corrected chi connectivity index (χ4v) is 4.20. The molecule has 0 radical (unpaired) electrons. The quantitative estimate of drug-likeness (QED) is 0.525. The molecule has 0 spiro atoms. The molecule has 0 aromatic heterocycles. The highest BCUT2D eigenvalue weighted by Crippen LogP contribution is 2.36. The molecule has 1 fully saturated rings. The summed E-state index contributed by atoms with van der Waals surface area (Å²) in [6.07, 6.45) is 7.48. The van der Waals surface area contributed by atoms with Crippen LogP contribution in [0.3, 0.4) is 0 Å². The van der Waals surface area contributed by atoms with E-state index >= 15 is 0 Å². The van der Waals surface area contributed by atoms with E-state index in [1.54, 1.807) is 5.57 Å². The minimum absolute atomic E-state index is 0.628. The summed E-state index contributed by atoms with van der Waals surface area (Å²) in [6, 6.07) is 22.7. The lowest BCUT2D eigenvalue weighted by molar-refractivity contribution is 0.120. The number of nitrogens with zero attached hydrogens (tertiary/aromatic N) is 1. The molecule has 0 saturated carbocycles. The van der Waals surface area contributed by atoms with E-state index in [1.165, 1.54) is 30.4 Å². The lowest BCUT2D eigenvalue weighted by Gasteiger charge is -2.34. The largest absolute Gasteiger partial charge is 0.376 e. The van der Waals surface area contributed by atoms with E-state index in [-0.39, 0.29) is 0 Å². The van der Waals surface area contributed by atoms with Gasteiger partial charge in [0.2, 0.25) is 0 Å². The molecular weight excluding hydrogens is 306 g/mol. The average Bonchev–Trinajstić information content (AvgIpc) is 2.89. The summed E-state index contributed by atoms with van der Waals surface area (Å²) in [6.45, 7) is 2.64. The van der Waals surface area contributed by atoms with Crippen LogP contribution >= 0.6 is 0 Å². The van der Waals surface area contributed by atoms with Gasteiger partial charge >= 0.3 is 0 Å². The standard InChI is InChI=1S/C23H27NO/c1-3-7-19(8-4-1)17-24-22-11-12-23(24)16-21(15-22)13-14-25-18-20-9-5-2-6-10-20/h1-10,15,22-23H,11-14,16-18H2. The second-order valence-electron chi connectivity index (χ2n) is 7.27. The fourth-order valence-electron chi connectivity index (χ4n) is 4.20. The first-order valence-electron chi connectivity index (χ1n) is 9.49. The number of hydrogen-bond donors (Lipinski definition) is 0. The van der Waals surface area contributed by atoms with Crippen LogP contribution in [0.5, 0.6) is 0 Å². The average molecular weight is 333 g/mol. The topological polar surface area (TPSA) is 12.5 Å². The lowest BCUT2D eigenvalue weighted by Crippen LogP contribution is -2.38. The minimum atomic E-state index is 0.628. The van der Waals surface area contributed by atoms with Crippen LogP contribution in [0.2, 0.25) is 0 Å². The van der Waals surface area contributed by atoms with Crippen molar-refractivity contribution in [2.75, 3.05) is 6.61 Å². The Bertz CT molecular complexity index is 695. The van der Waals surface area contributed by atoms with Gasteiger partial charge in [0.25, 0.3) is 0 Å². The molecule has 130 valence electrons. The zero-order chi connectivity index (χ0) is 16.9. The highest BCUT2D eigenvalue weighted by atomic mass is 16.5. The van der Waals surface area contributed by atoms with Crippen molar-refractivity contribution in [3.63, 3.8) is 0 Å². The van der Waals surface area contributed by atoms with Crippen molar-refractivity contribution in [2.45, 2.75) is 50.9 Å². The van der Waals surface area contributed by atoms with Crippen LogP contribution in [-0.2, 0) is 17.9 Å². The maximum Gasteiger partial charge on any atom is 0.0717 e. The molecule has 0 N–H and O–H groups in total. The molecule has 2 unspecified atom stereocenters. The predicted molar refractivity (Wildman–Crippen MR) is 102 cm³/mol. The van der Waals surface area contributed by atoms with Gasteiger partial charge in [0, 0.05) is 18.6 Å². The van der Waals surface area contributed by atoms with Crippen molar-refractivity contribution in [3.8, 4) is 0 Å². The highest BCUT2D eigenvalue weighted by Gasteiger charge is 2.35. The first kappa shape index (κ1) is 16.6. The molecular formula is C23H27NO. The van der Waals surface area contributed by atoms with Gasteiger partial charge < -0.3 is 4.74 Å². The molecule has 4 rings (SSSR count). The van der Waals surface area contributed by atoms with E-state index in [4.69, 9.17) is 4.74 Å². The van der Waals surface area contributed by atoms with Gasteiger partial charge in [-0.05, 0) is 36.8 Å². The monoisotopic (exact) mass is 333 g/mol. The summed E-state index contributed by atoms with van der Waals surface area (Å²) in [5.74, 6) is 0. The smallest absolute Gasteiger partial charge is 0.0717 e. The number of fused-ring (bicyclic) bond motifs is 2. The van der Waals surface area contributed by atoms with Gasteiger partial charge in [-0.3, -0.25) is 4.90 Å². The van der Waals surface area contributed by atoms with Crippen molar-refractivity contribution in [2.24, 2.45) is 0 Å². The summed E-state index contributed by atoms with van der Waals surface area (Å²) in [7, 11) is 0. The molecule has 2 heterocycles. The second-order valence-corrected chi connectivity index (χ2v) is 7.27. The van der Waals surface area contributed by atoms with Crippen LogP contribution in [0, 0.1) is 0 Å². The van der Waals surface area contributed by atoms with Gasteiger partial charge in [0.1, 0.15) is 0 Å². The van der Waals surface area contributed by atoms with Gasteiger partial charge in [-0.25, -0.2) is 0 Å². The van der Waals surface area contributed by atoms with Gasteiger partial charge in [0.05, 0.1) is 13.2 Å². The van der Waals surface area contributed by atoms with Crippen LogP contribution < -0.4 is 0 Å². The number of benzene rings is 2. The number of rotatable bonds is 7. The molecule has 0 amide bonds. The Balaban J connectivity index is 1.28. The second kappa shape index (κ2) is 7.99. The SMILES string of the molecule is C1=C(CCOCc2ccccc2)CC2CCC1N2Cc1ccccc1. The third-order valence-electron chi connectivity index (χ3n) is 5.50. The zero-order valence-electron chi connectivity index (χ0n) is 14.8. The number of hydrogen-bond acceptors (Lipinski definition) is 2. The highest BCUT2D eigenvalue weighted by molar-refractivity contribution is 5.21. The van der Waals surface area contributed by atoms with Gasteiger partial charge in [-0.15, -0.1) is 0 Å². The molecule has 1 saturated heterocycles. The summed E-state index contributed by atoms with van der Waals surface area (Å²) >= 11 is 0. The minimum Gasteiger partial charge on any atom is -0.376 e. The van der Waals surface area contributed by atoms with Gasteiger partial charge in [-0.1, -0.05) is 72.3 Å². The summed E-state index contributed by atoms with van der Waals surface area (Å²) in [5, 5.41) is 0. The molecule has 2 aromatic carbocycles. The maximum atomic E-state index is 5.88. The van der Waals surface area contributed by atoms with Crippen LogP contribution in [0.15, 0.2) is 72.3 Å². The molecule has 2 aliphatic rings. The molecule has 2 heteroatoms. The first-order chi connectivity index (χ1) is 12.4. The van der Waals surface area contributed by atoms with Crippen molar-refractivity contribution in [1.29, 1.82) is 0 Å². The normalized spacial score (nSPS) is 22.8. The summed E-state index contributed by atoms with van der Waals surface area (Å²) < 4.78 is 5.88. The van der Waals surface area contributed by atoms with Crippen molar-refractivity contribution in [1.82, 2.24) is 4.90 Å². The zero-order valence-corrected chi connectivity index (χ0v) is 14.8. The molecule has 25 heavy (non-hydrogen) atoms. The first-order valence-corrected chi connectivity index (χ1v) is 9.49. The summed E-state index contributed by atoms with van der Waals surface area (Å²) in [5.41, 5.74) is 4.29. The lowest BCUT2D eigenvalue weighted by atomic mass is 9.98. The third kappa shape index (κ3) is 4.20. The van der Waals surface area contributed by atoms with E-state index in [0.29, 0.717) is 6.04 Å². The van der Waals surface area contributed by atoms with E-state index in [2.05, 4.69) is 65.6 Å². The van der Waals surface area contributed by atoms with E-state index in [0.717, 1.165) is 32.2 Å². The van der Waals surface area contributed by atoms with Crippen LogP contribution in [-0.4, -0.2) is 23.6 Å². The fraction of sp³-hybridized carbons (Fsp3) is 0.391. The molecule has 2 aliphatic heterocycles. The van der Waals surface area contributed by atoms with Crippen molar-refractivity contribution < 1.29 is 4.74 Å². The Morgan fingerprint density at radius 1 is 0.880 bits per heavy atom. The van der Waals surface area contributed by atoms with Gasteiger partial charge in [0.15, 0.2) is 0 Å². The number of ether oxygens (including phenoxy) is 1. The van der Waals surface area contributed by atoms with Crippen LogP contribution in [0.25, 0.3) is 0 Å². The van der Waals surface area contributed by atoms with E-state index in [1.807, 2.05) is 6.07 Å². The molecule has 2 atom stereocenters. The van der Waals surface area contributed by atoms with Crippen LogP contribution in [0.4, 0.5) is 0 Å². The predicted octanol–water partition coefficient (Wildman–Crippen LogP) is 4.96. The Morgan fingerprint density at radius 3 is 2.32 bits per heavy atom. The van der Waals surface area contributed by atoms with Crippen LogP contribution in [0.1, 0.15) is 36.8 Å². The Hall–Kier alpha value is -1.90. The van der Waals surface area contributed by atoms with E-state index < -0.39 is 0 Å². The van der Waals surface area contributed by atoms with Gasteiger partial charge in [-0.2, -0.15) is 0 Å². The maximum absolute atomic E-state index is 5.88.